The van der Waals surface area contributed by atoms with Crippen LogP contribution in [0, 0.1) is 25.2 Å². The fourth-order valence-electron chi connectivity index (χ4n) is 2.01. The lowest BCUT2D eigenvalue weighted by atomic mass is 10.1. The Morgan fingerprint density at radius 3 is 2.65 bits per heavy atom. The Morgan fingerprint density at radius 1 is 1.30 bits per heavy atom. The van der Waals surface area contributed by atoms with Gasteiger partial charge in [-0.15, -0.1) is 11.3 Å². The molecule has 0 aliphatic rings. The summed E-state index contributed by atoms with van der Waals surface area (Å²) in [6.45, 7) is 3.64. The van der Waals surface area contributed by atoms with Crippen LogP contribution in [-0.4, -0.2) is 16.0 Å². The van der Waals surface area contributed by atoms with E-state index in [1.54, 1.807) is 31.2 Å². The van der Waals surface area contributed by atoms with Gasteiger partial charge in [-0.1, -0.05) is 5.16 Å². The number of carbonyl (C=O) groups excluding carboxylic acids is 1. The second kappa shape index (κ2) is 6.02. The first-order valence-corrected chi connectivity index (χ1v) is 7.61. The van der Waals surface area contributed by atoms with Gasteiger partial charge in [0.15, 0.2) is 0 Å². The largest absolute Gasteiger partial charge is 0.339 e. The highest BCUT2D eigenvalue weighted by atomic mass is 32.1. The molecule has 0 saturated carbocycles. The second-order valence-electron chi connectivity index (χ2n) is 4.86. The van der Waals surface area contributed by atoms with Crippen LogP contribution in [0.5, 0.6) is 0 Å². The fraction of sp³-hybridized carbons (Fsp3) is 0.125. The van der Waals surface area contributed by atoms with Gasteiger partial charge >= 0.3 is 0 Å². The van der Waals surface area contributed by atoms with E-state index in [0.717, 1.165) is 9.75 Å². The van der Waals surface area contributed by atoms with Gasteiger partial charge in [-0.05, 0) is 37.3 Å². The van der Waals surface area contributed by atoms with E-state index in [1.165, 1.54) is 11.3 Å². The topological polar surface area (TPSA) is 91.8 Å². The summed E-state index contributed by atoms with van der Waals surface area (Å²) in [5.41, 5.74) is 1.72. The fourth-order valence-corrected chi connectivity index (χ4v) is 2.91. The van der Waals surface area contributed by atoms with Crippen LogP contribution in [0.1, 0.15) is 26.7 Å². The number of aromatic nitrogens is 2. The maximum absolute atomic E-state index is 12.3. The van der Waals surface area contributed by atoms with Crippen molar-refractivity contribution in [1.29, 1.82) is 5.26 Å². The molecule has 114 valence electrons. The zero-order chi connectivity index (χ0) is 16.4. The number of thiophene rings is 1. The average Bonchev–Trinajstić information content (AvgIpc) is 3.14. The Morgan fingerprint density at radius 2 is 2.04 bits per heavy atom. The quantitative estimate of drug-likeness (QED) is 0.795. The normalized spacial score (nSPS) is 10.3. The summed E-state index contributed by atoms with van der Waals surface area (Å²) in [6, 6.07) is 10.3. The zero-order valence-electron chi connectivity index (χ0n) is 12.5. The van der Waals surface area contributed by atoms with Crippen molar-refractivity contribution in [2.24, 2.45) is 0 Å². The van der Waals surface area contributed by atoms with Crippen molar-refractivity contribution in [3.8, 4) is 16.8 Å². The van der Waals surface area contributed by atoms with Gasteiger partial charge in [-0.3, -0.25) is 4.79 Å². The van der Waals surface area contributed by atoms with Gasteiger partial charge in [0, 0.05) is 17.4 Å². The molecule has 2 heterocycles. The zero-order valence-corrected chi connectivity index (χ0v) is 13.3. The molecule has 2 aromatic heterocycles. The highest BCUT2D eigenvalue weighted by Gasteiger charge is 2.14. The standard InChI is InChI=1S/C16H12N4O2S/c1-9-13(7-14(23-9)15-18-10(2)22-20-15)19-16(21)12-5-3-11(8-17)4-6-12/h3-7H,1-2H3,(H,19,21). The summed E-state index contributed by atoms with van der Waals surface area (Å²) < 4.78 is 4.97. The Bertz CT molecular complexity index is 903. The number of anilines is 1. The molecule has 6 nitrogen and oxygen atoms in total. The third-order valence-corrected chi connectivity index (χ3v) is 4.24. The summed E-state index contributed by atoms with van der Waals surface area (Å²) in [5.74, 6) is 0.773. The van der Waals surface area contributed by atoms with Gasteiger partial charge in [-0.2, -0.15) is 10.2 Å². The van der Waals surface area contributed by atoms with Gasteiger partial charge in [0.25, 0.3) is 5.91 Å². The Balaban J connectivity index is 1.81. The van der Waals surface area contributed by atoms with E-state index in [1.807, 2.05) is 19.1 Å². The molecule has 0 fully saturated rings. The third kappa shape index (κ3) is 3.12. The molecule has 3 aromatic rings. The summed E-state index contributed by atoms with van der Waals surface area (Å²) in [7, 11) is 0. The van der Waals surface area contributed by atoms with Crippen LogP contribution in [-0.2, 0) is 0 Å². The van der Waals surface area contributed by atoms with Crippen molar-refractivity contribution in [3.63, 3.8) is 0 Å². The molecule has 1 aromatic carbocycles. The summed E-state index contributed by atoms with van der Waals surface area (Å²) in [6.07, 6.45) is 0. The molecular formula is C16H12N4O2S. The van der Waals surface area contributed by atoms with Crippen molar-refractivity contribution in [2.45, 2.75) is 13.8 Å². The van der Waals surface area contributed by atoms with Crippen LogP contribution in [0.3, 0.4) is 0 Å². The van der Waals surface area contributed by atoms with E-state index in [-0.39, 0.29) is 5.91 Å². The first-order valence-electron chi connectivity index (χ1n) is 6.79. The van der Waals surface area contributed by atoms with Gasteiger partial charge < -0.3 is 9.84 Å². The third-order valence-electron chi connectivity index (χ3n) is 3.19. The van der Waals surface area contributed by atoms with Crippen LogP contribution < -0.4 is 5.32 Å². The molecule has 0 saturated heterocycles. The minimum Gasteiger partial charge on any atom is -0.339 e. The van der Waals surface area contributed by atoms with E-state index < -0.39 is 0 Å². The predicted octanol–water partition coefficient (Wildman–Crippen LogP) is 3.54. The number of rotatable bonds is 3. The SMILES string of the molecule is Cc1nc(-c2cc(NC(=O)c3ccc(C#N)cc3)c(C)s2)no1. The number of hydrogen-bond donors (Lipinski definition) is 1. The molecule has 0 unspecified atom stereocenters. The molecule has 0 radical (unpaired) electrons. The van der Waals surface area contributed by atoms with Crippen molar-refractivity contribution in [1.82, 2.24) is 10.1 Å². The van der Waals surface area contributed by atoms with E-state index in [9.17, 15) is 4.79 Å². The summed E-state index contributed by atoms with van der Waals surface area (Å²) in [5, 5.41) is 15.5. The highest BCUT2D eigenvalue weighted by molar-refractivity contribution is 7.16. The molecule has 23 heavy (non-hydrogen) atoms. The van der Waals surface area contributed by atoms with Crippen LogP contribution >= 0.6 is 11.3 Å². The Labute approximate surface area is 136 Å². The first kappa shape index (κ1) is 14.9. The van der Waals surface area contributed by atoms with Crippen molar-refractivity contribution in [3.05, 3.63) is 52.2 Å². The van der Waals surface area contributed by atoms with Crippen LogP contribution in [0.4, 0.5) is 5.69 Å². The molecule has 0 bridgehead atoms. The molecule has 0 aliphatic heterocycles. The molecule has 0 aliphatic carbocycles. The molecule has 1 N–H and O–H groups in total. The van der Waals surface area contributed by atoms with E-state index in [2.05, 4.69) is 15.5 Å². The number of hydrogen-bond acceptors (Lipinski definition) is 6. The molecule has 0 spiro atoms. The average molecular weight is 324 g/mol. The lowest BCUT2D eigenvalue weighted by Gasteiger charge is -2.04. The van der Waals surface area contributed by atoms with Crippen LogP contribution in [0.2, 0.25) is 0 Å². The molecule has 3 rings (SSSR count). The Kier molecular flexibility index (Phi) is 3.91. The van der Waals surface area contributed by atoms with Crippen LogP contribution in [0.15, 0.2) is 34.9 Å². The number of nitriles is 1. The number of carbonyl (C=O) groups is 1. The first-order chi connectivity index (χ1) is 11.1. The smallest absolute Gasteiger partial charge is 0.255 e. The van der Waals surface area contributed by atoms with Gasteiger partial charge in [0.05, 0.1) is 22.2 Å². The number of amides is 1. The number of nitrogens with one attached hydrogen (secondary N) is 1. The van der Waals surface area contributed by atoms with Crippen molar-refractivity contribution >= 4 is 22.9 Å². The van der Waals surface area contributed by atoms with Crippen molar-refractivity contribution < 1.29 is 9.32 Å². The maximum Gasteiger partial charge on any atom is 0.255 e. The van der Waals surface area contributed by atoms with E-state index in [4.69, 9.17) is 9.78 Å². The van der Waals surface area contributed by atoms with Crippen molar-refractivity contribution in [2.75, 3.05) is 5.32 Å². The minimum absolute atomic E-state index is 0.230. The lowest BCUT2D eigenvalue weighted by Crippen LogP contribution is -2.11. The van der Waals surface area contributed by atoms with Gasteiger partial charge in [0.2, 0.25) is 11.7 Å². The van der Waals surface area contributed by atoms with E-state index in [0.29, 0.717) is 28.5 Å². The predicted molar refractivity (Wildman–Crippen MR) is 86.2 cm³/mol. The summed E-state index contributed by atoms with van der Waals surface area (Å²) >= 11 is 1.48. The highest BCUT2D eigenvalue weighted by Crippen LogP contribution is 2.32. The molecular weight excluding hydrogens is 312 g/mol. The lowest BCUT2D eigenvalue weighted by molar-refractivity contribution is 0.102. The number of nitrogens with zero attached hydrogens (tertiary/aromatic N) is 3. The van der Waals surface area contributed by atoms with Crippen LogP contribution in [0.25, 0.3) is 10.7 Å². The number of aryl methyl sites for hydroxylation is 2. The second-order valence-corrected chi connectivity index (χ2v) is 6.12. The number of benzene rings is 1. The Hall–Kier alpha value is -2.98. The maximum atomic E-state index is 12.3. The van der Waals surface area contributed by atoms with Gasteiger partial charge in [-0.25, -0.2) is 0 Å². The monoisotopic (exact) mass is 324 g/mol. The molecule has 1 amide bonds. The van der Waals surface area contributed by atoms with E-state index >= 15 is 0 Å². The molecule has 7 heteroatoms. The minimum atomic E-state index is -0.230. The molecule has 0 atom stereocenters. The van der Waals surface area contributed by atoms with Gasteiger partial charge in [0.1, 0.15) is 0 Å². The summed E-state index contributed by atoms with van der Waals surface area (Å²) in [4.78, 5) is 18.2.